The van der Waals surface area contributed by atoms with Crippen molar-refractivity contribution in [3.05, 3.63) is 70.3 Å². The highest BCUT2D eigenvalue weighted by Gasteiger charge is 2.10. The Labute approximate surface area is 117 Å². The molecule has 106 valence electrons. The van der Waals surface area contributed by atoms with Crippen LogP contribution in [-0.2, 0) is 12.8 Å². The van der Waals surface area contributed by atoms with E-state index in [2.05, 4.69) is 6.07 Å². The summed E-state index contributed by atoms with van der Waals surface area (Å²) in [6, 6.07) is 9.87. The average molecular weight is 276 g/mol. The van der Waals surface area contributed by atoms with Gasteiger partial charge in [0.1, 0.15) is 0 Å². The Kier molecular flexibility index (Phi) is 4.50. The van der Waals surface area contributed by atoms with E-state index < -0.39 is 17.7 Å². The molecule has 0 aromatic heterocycles. The first-order valence-electron chi connectivity index (χ1n) is 6.63. The Balaban J connectivity index is 2.04. The highest BCUT2D eigenvalue weighted by atomic mass is 19.2. The van der Waals surface area contributed by atoms with Crippen LogP contribution in [0.3, 0.4) is 0 Å². The number of aryl methyl sites for hydroxylation is 2. The second kappa shape index (κ2) is 6.14. The van der Waals surface area contributed by atoms with Crippen LogP contribution in [0.2, 0.25) is 0 Å². The fourth-order valence-electron chi connectivity index (χ4n) is 2.47. The molecule has 1 atom stereocenters. The number of benzene rings is 2. The molecule has 2 aromatic carbocycles. The Morgan fingerprint density at radius 2 is 1.45 bits per heavy atom. The Bertz CT molecular complexity index is 588. The molecule has 1 N–H and O–H groups in total. The van der Waals surface area contributed by atoms with E-state index in [0.717, 1.165) is 28.8 Å². The number of hydrogen-bond acceptors (Lipinski definition) is 1. The maximum atomic E-state index is 13.1. The van der Waals surface area contributed by atoms with Crippen LogP contribution in [0.25, 0.3) is 0 Å². The van der Waals surface area contributed by atoms with E-state index in [1.54, 1.807) is 0 Å². The average Bonchev–Trinajstić information content (AvgIpc) is 2.32. The van der Waals surface area contributed by atoms with Crippen molar-refractivity contribution in [2.24, 2.45) is 0 Å². The van der Waals surface area contributed by atoms with Crippen molar-refractivity contribution in [1.82, 2.24) is 0 Å². The lowest BCUT2D eigenvalue weighted by molar-refractivity contribution is 0.175. The fraction of sp³-hybridized carbons (Fsp3) is 0.294. The van der Waals surface area contributed by atoms with Gasteiger partial charge in [0.15, 0.2) is 11.6 Å². The second-order valence-corrected chi connectivity index (χ2v) is 5.31. The lowest BCUT2D eigenvalue weighted by Gasteiger charge is -2.12. The molecule has 0 aliphatic carbocycles. The number of aliphatic hydroxyl groups excluding tert-OH is 1. The molecule has 0 spiro atoms. The van der Waals surface area contributed by atoms with Gasteiger partial charge in [0.2, 0.25) is 0 Å². The smallest absolute Gasteiger partial charge is 0.159 e. The maximum absolute atomic E-state index is 13.1. The summed E-state index contributed by atoms with van der Waals surface area (Å²) in [6.07, 6.45) is 0.201. The first-order valence-corrected chi connectivity index (χ1v) is 6.63. The molecule has 1 unspecified atom stereocenters. The molecule has 0 bridgehead atoms. The molecule has 20 heavy (non-hydrogen) atoms. The summed E-state index contributed by atoms with van der Waals surface area (Å²) < 4.78 is 25.9. The zero-order valence-corrected chi connectivity index (χ0v) is 11.7. The van der Waals surface area contributed by atoms with E-state index in [-0.39, 0.29) is 0 Å². The maximum Gasteiger partial charge on any atom is 0.159 e. The van der Waals surface area contributed by atoms with Gasteiger partial charge in [-0.15, -0.1) is 0 Å². The van der Waals surface area contributed by atoms with Gasteiger partial charge in [-0.3, -0.25) is 0 Å². The molecule has 2 rings (SSSR count). The monoisotopic (exact) mass is 276 g/mol. The van der Waals surface area contributed by atoms with Crippen molar-refractivity contribution in [1.29, 1.82) is 0 Å². The third-order valence-corrected chi connectivity index (χ3v) is 3.21. The van der Waals surface area contributed by atoms with Crippen molar-refractivity contribution >= 4 is 0 Å². The number of aliphatic hydroxyl groups is 1. The normalized spacial score (nSPS) is 12.4. The van der Waals surface area contributed by atoms with Crippen molar-refractivity contribution in [3.8, 4) is 0 Å². The molecule has 0 amide bonds. The van der Waals surface area contributed by atoms with Crippen LogP contribution in [0, 0.1) is 25.5 Å². The minimum atomic E-state index is -0.874. The van der Waals surface area contributed by atoms with E-state index in [9.17, 15) is 13.9 Å². The summed E-state index contributed by atoms with van der Waals surface area (Å²) in [7, 11) is 0. The summed E-state index contributed by atoms with van der Waals surface area (Å²) >= 11 is 0. The lowest BCUT2D eigenvalue weighted by atomic mass is 9.98. The Morgan fingerprint density at radius 1 is 0.850 bits per heavy atom. The van der Waals surface area contributed by atoms with Crippen LogP contribution in [-0.4, -0.2) is 11.2 Å². The van der Waals surface area contributed by atoms with E-state index >= 15 is 0 Å². The second-order valence-electron chi connectivity index (χ2n) is 5.31. The molecule has 0 heterocycles. The molecular formula is C17H18F2O. The van der Waals surface area contributed by atoms with Gasteiger partial charge in [-0.2, -0.15) is 0 Å². The molecule has 0 saturated heterocycles. The SMILES string of the molecule is Cc1cc(C)cc(CC(O)Cc2ccc(F)c(F)c2)c1. The number of halogens is 2. The van der Waals surface area contributed by atoms with Crippen LogP contribution in [0.4, 0.5) is 8.78 Å². The molecule has 0 radical (unpaired) electrons. The van der Waals surface area contributed by atoms with Crippen molar-refractivity contribution in [2.75, 3.05) is 0 Å². The van der Waals surface area contributed by atoms with Gasteiger partial charge in [0.05, 0.1) is 6.10 Å². The highest BCUT2D eigenvalue weighted by molar-refractivity contribution is 5.29. The first kappa shape index (κ1) is 14.7. The highest BCUT2D eigenvalue weighted by Crippen LogP contribution is 2.15. The minimum Gasteiger partial charge on any atom is -0.392 e. The van der Waals surface area contributed by atoms with Crippen LogP contribution >= 0.6 is 0 Å². The third kappa shape index (κ3) is 3.87. The summed E-state index contributed by atoms with van der Waals surface area (Å²) in [6.45, 7) is 4.02. The Hall–Kier alpha value is -1.74. The summed E-state index contributed by atoms with van der Waals surface area (Å²) in [5.74, 6) is -1.74. The van der Waals surface area contributed by atoms with E-state index in [0.29, 0.717) is 18.4 Å². The zero-order chi connectivity index (χ0) is 14.7. The van der Waals surface area contributed by atoms with Crippen LogP contribution in [0.1, 0.15) is 22.3 Å². The van der Waals surface area contributed by atoms with Crippen LogP contribution < -0.4 is 0 Å². The standard InChI is InChI=1S/C17H18F2O/c1-11-5-12(2)7-14(6-11)9-15(20)8-13-3-4-16(18)17(19)10-13/h3-7,10,15,20H,8-9H2,1-2H3. The van der Waals surface area contributed by atoms with Crippen molar-refractivity contribution in [2.45, 2.75) is 32.8 Å². The van der Waals surface area contributed by atoms with E-state index in [1.807, 2.05) is 26.0 Å². The summed E-state index contributed by atoms with van der Waals surface area (Å²) in [5.41, 5.74) is 3.96. The number of hydrogen-bond donors (Lipinski definition) is 1. The molecule has 0 aliphatic rings. The molecule has 0 fully saturated rings. The number of rotatable bonds is 4. The van der Waals surface area contributed by atoms with Gasteiger partial charge in [-0.1, -0.05) is 35.4 Å². The van der Waals surface area contributed by atoms with Crippen LogP contribution in [0.15, 0.2) is 36.4 Å². The predicted molar refractivity (Wildman–Crippen MR) is 75.7 cm³/mol. The molecule has 1 nitrogen and oxygen atoms in total. The van der Waals surface area contributed by atoms with E-state index in [4.69, 9.17) is 0 Å². The van der Waals surface area contributed by atoms with Gasteiger partial charge in [-0.25, -0.2) is 8.78 Å². The van der Waals surface area contributed by atoms with Gasteiger partial charge < -0.3 is 5.11 Å². The quantitative estimate of drug-likeness (QED) is 0.902. The van der Waals surface area contributed by atoms with Gasteiger partial charge in [-0.05, 0) is 49.9 Å². The molecule has 3 heteroatoms. The van der Waals surface area contributed by atoms with Gasteiger partial charge >= 0.3 is 0 Å². The van der Waals surface area contributed by atoms with Crippen LogP contribution in [0.5, 0.6) is 0 Å². The predicted octanol–water partition coefficient (Wildman–Crippen LogP) is 3.73. The largest absolute Gasteiger partial charge is 0.392 e. The zero-order valence-electron chi connectivity index (χ0n) is 11.7. The topological polar surface area (TPSA) is 20.2 Å². The summed E-state index contributed by atoms with van der Waals surface area (Å²) in [4.78, 5) is 0. The van der Waals surface area contributed by atoms with Gasteiger partial charge in [0, 0.05) is 0 Å². The van der Waals surface area contributed by atoms with Crippen molar-refractivity contribution in [3.63, 3.8) is 0 Å². The molecule has 0 saturated carbocycles. The lowest BCUT2D eigenvalue weighted by Crippen LogP contribution is -2.14. The molecule has 0 aliphatic heterocycles. The van der Waals surface area contributed by atoms with Crippen molar-refractivity contribution < 1.29 is 13.9 Å². The Morgan fingerprint density at radius 3 is 2.05 bits per heavy atom. The fourth-order valence-corrected chi connectivity index (χ4v) is 2.47. The summed E-state index contributed by atoms with van der Waals surface area (Å²) in [5, 5.41) is 10.1. The molecule has 2 aromatic rings. The minimum absolute atomic E-state index is 0.310. The third-order valence-electron chi connectivity index (χ3n) is 3.21. The first-order chi connectivity index (χ1) is 9.44. The van der Waals surface area contributed by atoms with Gasteiger partial charge in [0.25, 0.3) is 0 Å². The van der Waals surface area contributed by atoms with E-state index in [1.165, 1.54) is 6.07 Å². The molecular weight excluding hydrogens is 258 g/mol.